The Labute approximate surface area is 117 Å². The molecule has 1 unspecified atom stereocenters. The normalized spacial score (nSPS) is 18.7. The van der Waals surface area contributed by atoms with Gasteiger partial charge in [0.2, 0.25) is 0 Å². The summed E-state index contributed by atoms with van der Waals surface area (Å²) in [6.07, 6.45) is 1.93. The molecule has 0 aromatic heterocycles. The highest BCUT2D eigenvalue weighted by Gasteiger charge is 2.17. The first kappa shape index (κ1) is 11.7. The predicted octanol–water partition coefficient (Wildman–Crippen LogP) is 4.31. The Morgan fingerprint density at radius 2 is 1.85 bits per heavy atom. The molecule has 1 heterocycles. The number of ether oxygens (including phenoxy) is 2. The molecular formula is C18H15O2. The Morgan fingerprint density at radius 3 is 2.65 bits per heavy atom. The number of hydrogen-bond donors (Lipinski definition) is 0. The topological polar surface area (TPSA) is 18.5 Å². The highest BCUT2D eigenvalue weighted by molar-refractivity contribution is 5.98. The molecule has 99 valence electrons. The molecule has 2 heteroatoms. The highest BCUT2D eigenvalue weighted by Crippen LogP contribution is 2.27. The number of benzene rings is 3. The van der Waals surface area contributed by atoms with E-state index in [1.54, 1.807) is 0 Å². The summed E-state index contributed by atoms with van der Waals surface area (Å²) in [7, 11) is 0. The van der Waals surface area contributed by atoms with Gasteiger partial charge in [-0.1, -0.05) is 30.3 Å². The Kier molecular flexibility index (Phi) is 2.82. The second-order valence-electron chi connectivity index (χ2n) is 5.17. The van der Waals surface area contributed by atoms with E-state index in [9.17, 15) is 0 Å². The first-order valence-corrected chi connectivity index (χ1v) is 7.02. The molecule has 0 saturated carbocycles. The maximum atomic E-state index is 5.82. The summed E-state index contributed by atoms with van der Waals surface area (Å²) in [5.74, 6) is 0.764. The van der Waals surface area contributed by atoms with Crippen LogP contribution in [0.5, 0.6) is 5.75 Å². The summed E-state index contributed by atoms with van der Waals surface area (Å²) >= 11 is 0. The van der Waals surface area contributed by atoms with E-state index in [1.165, 1.54) is 16.2 Å². The third-order valence-corrected chi connectivity index (χ3v) is 3.74. The molecule has 20 heavy (non-hydrogen) atoms. The van der Waals surface area contributed by atoms with E-state index in [2.05, 4.69) is 48.5 Å². The number of rotatable bonds is 2. The van der Waals surface area contributed by atoms with Crippen LogP contribution in [0, 0.1) is 6.07 Å². The summed E-state index contributed by atoms with van der Waals surface area (Å²) in [5.41, 5.74) is 0. The van der Waals surface area contributed by atoms with Gasteiger partial charge in [0.05, 0.1) is 6.61 Å². The fourth-order valence-electron chi connectivity index (χ4n) is 2.70. The van der Waals surface area contributed by atoms with E-state index in [4.69, 9.17) is 9.47 Å². The van der Waals surface area contributed by atoms with Crippen LogP contribution in [0.25, 0.3) is 21.5 Å². The van der Waals surface area contributed by atoms with Crippen LogP contribution in [0.2, 0.25) is 0 Å². The molecule has 0 amide bonds. The summed E-state index contributed by atoms with van der Waals surface area (Å²) in [4.78, 5) is 0. The molecule has 1 fully saturated rings. The van der Waals surface area contributed by atoms with Gasteiger partial charge in [-0.05, 0) is 46.2 Å². The van der Waals surface area contributed by atoms with Crippen molar-refractivity contribution < 1.29 is 9.47 Å². The maximum Gasteiger partial charge on any atom is 0.199 e. The van der Waals surface area contributed by atoms with Gasteiger partial charge in [0.1, 0.15) is 5.75 Å². The molecule has 0 bridgehead atoms. The number of fused-ring (bicyclic) bond motifs is 2. The van der Waals surface area contributed by atoms with Crippen molar-refractivity contribution in [3.63, 3.8) is 0 Å². The zero-order valence-corrected chi connectivity index (χ0v) is 11.1. The van der Waals surface area contributed by atoms with Gasteiger partial charge in [-0.15, -0.1) is 0 Å². The fraction of sp³-hybridized carbons (Fsp3) is 0.222. The van der Waals surface area contributed by atoms with Crippen LogP contribution in [-0.4, -0.2) is 12.9 Å². The third-order valence-electron chi connectivity index (χ3n) is 3.74. The zero-order valence-electron chi connectivity index (χ0n) is 11.1. The molecule has 1 radical (unpaired) electrons. The fourth-order valence-corrected chi connectivity index (χ4v) is 2.70. The Balaban J connectivity index is 1.75. The van der Waals surface area contributed by atoms with E-state index in [-0.39, 0.29) is 6.29 Å². The van der Waals surface area contributed by atoms with Crippen molar-refractivity contribution in [1.29, 1.82) is 0 Å². The molecule has 3 aromatic carbocycles. The molecule has 1 aliphatic rings. The Hall–Kier alpha value is -2.06. The Morgan fingerprint density at radius 1 is 1.00 bits per heavy atom. The van der Waals surface area contributed by atoms with Crippen molar-refractivity contribution in [2.75, 3.05) is 6.61 Å². The van der Waals surface area contributed by atoms with Gasteiger partial charge in [-0.25, -0.2) is 0 Å². The zero-order chi connectivity index (χ0) is 13.4. The number of hydrogen-bond acceptors (Lipinski definition) is 2. The van der Waals surface area contributed by atoms with Crippen molar-refractivity contribution in [2.24, 2.45) is 0 Å². The Bertz CT molecular complexity index is 758. The van der Waals surface area contributed by atoms with Crippen LogP contribution in [0.15, 0.2) is 48.5 Å². The van der Waals surface area contributed by atoms with Gasteiger partial charge >= 0.3 is 0 Å². The minimum absolute atomic E-state index is 0.107. The van der Waals surface area contributed by atoms with Gasteiger partial charge in [0.25, 0.3) is 0 Å². The van der Waals surface area contributed by atoms with E-state index >= 15 is 0 Å². The van der Waals surface area contributed by atoms with Crippen molar-refractivity contribution in [3.8, 4) is 5.75 Å². The molecule has 0 N–H and O–H groups in total. The summed E-state index contributed by atoms with van der Waals surface area (Å²) in [6.45, 7) is 0.795. The standard InChI is InChI=1S/C18H15O2/c1-2-5-14-11-16-12-17(20-18-6-3-9-19-18)8-7-15(16)10-13(14)4-1/h1-2,4-5,7-8,10-11,18H,3,6,9H2. The highest BCUT2D eigenvalue weighted by atomic mass is 16.7. The second kappa shape index (κ2) is 4.80. The third kappa shape index (κ3) is 2.12. The lowest BCUT2D eigenvalue weighted by Crippen LogP contribution is -2.13. The molecule has 1 saturated heterocycles. The van der Waals surface area contributed by atoms with Crippen molar-refractivity contribution in [2.45, 2.75) is 19.1 Å². The predicted molar refractivity (Wildman–Crippen MR) is 79.9 cm³/mol. The molecular weight excluding hydrogens is 248 g/mol. The smallest absolute Gasteiger partial charge is 0.199 e. The van der Waals surface area contributed by atoms with Crippen LogP contribution in [0.4, 0.5) is 0 Å². The lowest BCUT2D eigenvalue weighted by atomic mass is 10.0. The largest absolute Gasteiger partial charge is 0.464 e. The molecule has 1 atom stereocenters. The SMILES string of the molecule is [c]1c(OC2CCCO2)ccc2cc3ccccc3cc12. The lowest BCUT2D eigenvalue weighted by Gasteiger charge is -2.13. The lowest BCUT2D eigenvalue weighted by molar-refractivity contribution is -0.0391. The van der Waals surface area contributed by atoms with E-state index in [1.807, 2.05) is 6.07 Å². The van der Waals surface area contributed by atoms with Crippen molar-refractivity contribution in [1.82, 2.24) is 0 Å². The molecule has 1 aliphatic heterocycles. The summed E-state index contributed by atoms with van der Waals surface area (Å²) in [6, 6.07) is 20.1. The van der Waals surface area contributed by atoms with Gasteiger partial charge in [-0.3, -0.25) is 0 Å². The van der Waals surface area contributed by atoms with Gasteiger partial charge in [-0.2, -0.15) is 0 Å². The van der Waals surface area contributed by atoms with Crippen molar-refractivity contribution in [3.05, 3.63) is 54.6 Å². The maximum absolute atomic E-state index is 5.82. The minimum Gasteiger partial charge on any atom is -0.464 e. The monoisotopic (exact) mass is 263 g/mol. The van der Waals surface area contributed by atoms with Crippen LogP contribution >= 0.6 is 0 Å². The van der Waals surface area contributed by atoms with E-state index < -0.39 is 0 Å². The molecule has 3 aromatic rings. The van der Waals surface area contributed by atoms with Crippen LogP contribution in [0.3, 0.4) is 0 Å². The average Bonchev–Trinajstić information content (AvgIpc) is 2.98. The van der Waals surface area contributed by atoms with Gasteiger partial charge < -0.3 is 9.47 Å². The van der Waals surface area contributed by atoms with Gasteiger partial charge in [0, 0.05) is 12.5 Å². The quantitative estimate of drug-likeness (QED) is 0.641. The first-order chi connectivity index (χ1) is 9.88. The molecule has 4 rings (SSSR count). The molecule has 0 aliphatic carbocycles. The van der Waals surface area contributed by atoms with E-state index in [0.717, 1.165) is 30.6 Å². The summed E-state index contributed by atoms with van der Waals surface area (Å²) in [5, 5.41) is 4.74. The second-order valence-corrected chi connectivity index (χ2v) is 5.17. The van der Waals surface area contributed by atoms with Gasteiger partial charge in [0.15, 0.2) is 6.29 Å². The van der Waals surface area contributed by atoms with Crippen molar-refractivity contribution >= 4 is 21.5 Å². The van der Waals surface area contributed by atoms with Crippen LogP contribution in [0.1, 0.15) is 12.8 Å². The summed E-state index contributed by atoms with van der Waals surface area (Å²) < 4.78 is 11.3. The minimum atomic E-state index is -0.107. The molecule has 2 nitrogen and oxygen atoms in total. The average molecular weight is 263 g/mol. The first-order valence-electron chi connectivity index (χ1n) is 7.02. The van der Waals surface area contributed by atoms with Crippen LogP contribution in [-0.2, 0) is 4.74 Å². The van der Waals surface area contributed by atoms with Crippen LogP contribution < -0.4 is 4.74 Å². The molecule has 0 spiro atoms. The van der Waals surface area contributed by atoms with E-state index in [0.29, 0.717) is 0 Å².